The Labute approximate surface area is 192 Å². The van der Waals surface area contributed by atoms with Gasteiger partial charge in [-0.15, -0.1) is 0 Å². The van der Waals surface area contributed by atoms with E-state index in [2.05, 4.69) is 26.0 Å². The largest absolute Gasteiger partial charge is 0.504 e. The summed E-state index contributed by atoms with van der Waals surface area (Å²) in [5.41, 5.74) is 2.78. The van der Waals surface area contributed by atoms with Crippen molar-refractivity contribution in [3.63, 3.8) is 0 Å². The van der Waals surface area contributed by atoms with Gasteiger partial charge < -0.3 is 15.5 Å². The zero-order chi connectivity index (χ0) is 24.1. The molecule has 34 heavy (non-hydrogen) atoms. The topological polar surface area (TPSA) is 157 Å². The number of hydrogen-bond donors (Lipinski definition) is 5. The molecular weight excluding hydrogens is 438 g/mol. The highest BCUT2D eigenvalue weighted by molar-refractivity contribution is 5.99. The van der Waals surface area contributed by atoms with Crippen molar-refractivity contribution in [3.8, 4) is 11.5 Å². The highest BCUT2D eigenvalue weighted by Crippen LogP contribution is 2.24. The molecule has 0 spiro atoms. The van der Waals surface area contributed by atoms with E-state index in [9.17, 15) is 24.6 Å². The summed E-state index contributed by atoms with van der Waals surface area (Å²) in [5, 5.41) is 32.6. The van der Waals surface area contributed by atoms with Crippen LogP contribution in [0.15, 0.2) is 82.7 Å². The Hall–Kier alpha value is -4.99. The molecule has 5 N–H and O–H groups in total. The molecule has 1 atom stereocenters. The summed E-state index contributed by atoms with van der Waals surface area (Å²) < 4.78 is 0. The van der Waals surface area contributed by atoms with Gasteiger partial charge in [-0.25, -0.2) is 10.5 Å². The molecule has 10 heteroatoms. The summed E-state index contributed by atoms with van der Waals surface area (Å²) in [7, 11) is 0. The second-order valence-corrected chi connectivity index (χ2v) is 7.24. The number of nitrogens with zero attached hydrogens (tertiary/aromatic N) is 2. The molecule has 4 rings (SSSR count). The molecule has 3 aromatic carbocycles. The van der Waals surface area contributed by atoms with Crippen LogP contribution in [0.2, 0.25) is 0 Å². The number of carbonyl (C=O) groups is 2. The van der Waals surface area contributed by atoms with Crippen molar-refractivity contribution in [3.05, 3.63) is 100.0 Å². The van der Waals surface area contributed by atoms with Crippen LogP contribution >= 0.6 is 0 Å². The number of benzene rings is 3. The Morgan fingerprint density at radius 1 is 0.941 bits per heavy atom. The number of phenolic OH excluding ortho intramolecular Hbond substituents is 2. The second kappa shape index (κ2) is 9.65. The second-order valence-electron chi connectivity index (χ2n) is 7.24. The van der Waals surface area contributed by atoms with Crippen molar-refractivity contribution in [2.24, 2.45) is 5.10 Å². The molecule has 1 unspecified atom stereocenters. The number of hydrazone groups is 1. The van der Waals surface area contributed by atoms with Gasteiger partial charge in [0.05, 0.1) is 11.6 Å². The summed E-state index contributed by atoms with van der Waals surface area (Å²) >= 11 is 0. The average Bonchev–Trinajstić information content (AvgIpc) is 2.86. The summed E-state index contributed by atoms with van der Waals surface area (Å²) in [6.45, 7) is 0. The van der Waals surface area contributed by atoms with Crippen molar-refractivity contribution >= 4 is 28.8 Å². The van der Waals surface area contributed by atoms with Crippen LogP contribution in [0.5, 0.6) is 11.5 Å². The van der Waals surface area contributed by atoms with Gasteiger partial charge in [0.2, 0.25) is 0 Å². The maximum atomic E-state index is 13.1. The standard InChI is InChI=1S/C24H19N5O5/c30-18-11-10-14(12-19(18)31)13-25-28-24(34)21(26-22(32)15-6-2-1-3-7-15)20-16-8-4-5-9-17(16)23(33)29-27-20/h1-13,21,30-31H,(H,26,32)(H,28,34)(H,29,33)/b25-13+. The van der Waals surface area contributed by atoms with E-state index < -0.39 is 23.4 Å². The zero-order valence-corrected chi connectivity index (χ0v) is 17.6. The first-order valence-corrected chi connectivity index (χ1v) is 10.1. The Kier molecular flexibility index (Phi) is 6.31. The number of amides is 2. The smallest absolute Gasteiger partial charge is 0.272 e. The van der Waals surface area contributed by atoms with Gasteiger partial charge in [-0.2, -0.15) is 10.2 Å². The molecule has 0 bridgehead atoms. The molecule has 0 fully saturated rings. The minimum Gasteiger partial charge on any atom is -0.504 e. The zero-order valence-electron chi connectivity index (χ0n) is 17.6. The molecule has 0 radical (unpaired) electrons. The van der Waals surface area contributed by atoms with Crippen molar-refractivity contribution in [2.75, 3.05) is 0 Å². The van der Waals surface area contributed by atoms with E-state index in [4.69, 9.17) is 0 Å². The minimum atomic E-state index is -1.29. The molecule has 0 saturated heterocycles. The average molecular weight is 457 g/mol. The number of carbonyl (C=O) groups excluding carboxylic acids is 2. The third kappa shape index (κ3) is 4.75. The highest BCUT2D eigenvalue weighted by atomic mass is 16.3. The monoisotopic (exact) mass is 457 g/mol. The van der Waals surface area contributed by atoms with E-state index in [1.807, 2.05) is 0 Å². The van der Waals surface area contributed by atoms with Crippen LogP contribution in [0.25, 0.3) is 10.8 Å². The lowest BCUT2D eigenvalue weighted by Crippen LogP contribution is -2.40. The van der Waals surface area contributed by atoms with E-state index in [0.29, 0.717) is 21.9 Å². The van der Waals surface area contributed by atoms with Crippen molar-refractivity contribution in [1.29, 1.82) is 0 Å². The van der Waals surface area contributed by atoms with Gasteiger partial charge in [0.25, 0.3) is 17.4 Å². The Balaban J connectivity index is 1.66. The minimum absolute atomic E-state index is 0.134. The first-order chi connectivity index (χ1) is 16.4. The maximum absolute atomic E-state index is 13.1. The van der Waals surface area contributed by atoms with E-state index in [1.54, 1.807) is 54.6 Å². The Morgan fingerprint density at radius 3 is 2.38 bits per heavy atom. The molecule has 0 aliphatic carbocycles. The van der Waals surface area contributed by atoms with Gasteiger partial charge in [0, 0.05) is 10.9 Å². The van der Waals surface area contributed by atoms with Gasteiger partial charge in [0.1, 0.15) is 5.69 Å². The molecule has 1 heterocycles. The molecule has 0 aliphatic rings. The molecular formula is C24H19N5O5. The van der Waals surface area contributed by atoms with Crippen LogP contribution in [0, 0.1) is 0 Å². The number of aromatic hydroxyl groups is 2. The fraction of sp³-hybridized carbons (Fsp3) is 0.0417. The molecule has 170 valence electrons. The number of aromatic nitrogens is 2. The van der Waals surface area contributed by atoms with Gasteiger partial charge in [-0.05, 0) is 42.0 Å². The van der Waals surface area contributed by atoms with Gasteiger partial charge in [0.15, 0.2) is 17.5 Å². The number of nitrogens with one attached hydrogen (secondary N) is 3. The number of fused-ring (bicyclic) bond motifs is 1. The van der Waals surface area contributed by atoms with Crippen molar-refractivity contribution in [2.45, 2.75) is 6.04 Å². The fourth-order valence-corrected chi connectivity index (χ4v) is 3.27. The SMILES string of the molecule is O=C(NC(C(=O)N/N=C/c1ccc(O)c(O)c1)c1n[nH]c(=O)c2ccccc12)c1ccccc1. The van der Waals surface area contributed by atoms with Gasteiger partial charge in [-0.3, -0.25) is 14.4 Å². The van der Waals surface area contributed by atoms with Gasteiger partial charge >= 0.3 is 0 Å². The number of rotatable bonds is 6. The van der Waals surface area contributed by atoms with E-state index >= 15 is 0 Å². The predicted molar refractivity (Wildman–Crippen MR) is 125 cm³/mol. The van der Waals surface area contributed by atoms with Crippen LogP contribution < -0.4 is 16.3 Å². The van der Waals surface area contributed by atoms with E-state index in [0.717, 1.165) is 0 Å². The van der Waals surface area contributed by atoms with Crippen LogP contribution in [-0.4, -0.2) is 38.4 Å². The Bertz CT molecular complexity index is 1450. The van der Waals surface area contributed by atoms with Crippen LogP contribution in [0.1, 0.15) is 27.7 Å². The van der Waals surface area contributed by atoms with Crippen molar-refractivity contribution in [1.82, 2.24) is 20.9 Å². The Morgan fingerprint density at radius 2 is 1.65 bits per heavy atom. The third-order valence-electron chi connectivity index (χ3n) is 4.96. The normalized spacial score (nSPS) is 11.9. The van der Waals surface area contributed by atoms with Crippen molar-refractivity contribution < 1.29 is 19.8 Å². The lowest BCUT2D eigenvalue weighted by atomic mass is 10.0. The van der Waals surface area contributed by atoms with Crippen LogP contribution in [0.3, 0.4) is 0 Å². The lowest BCUT2D eigenvalue weighted by Gasteiger charge is -2.18. The fourth-order valence-electron chi connectivity index (χ4n) is 3.27. The quantitative estimate of drug-likeness (QED) is 0.169. The summed E-state index contributed by atoms with van der Waals surface area (Å²) in [6, 6.07) is 17.6. The number of aromatic amines is 1. The summed E-state index contributed by atoms with van der Waals surface area (Å²) in [6.07, 6.45) is 1.26. The summed E-state index contributed by atoms with van der Waals surface area (Å²) in [5.74, 6) is -1.87. The first kappa shape index (κ1) is 22.2. The summed E-state index contributed by atoms with van der Waals surface area (Å²) in [4.78, 5) is 38.1. The molecule has 0 aliphatic heterocycles. The maximum Gasteiger partial charge on any atom is 0.272 e. The molecule has 0 saturated carbocycles. The molecule has 4 aromatic rings. The van der Waals surface area contributed by atoms with Gasteiger partial charge in [-0.1, -0.05) is 36.4 Å². The van der Waals surface area contributed by atoms with Crippen LogP contribution in [0.4, 0.5) is 0 Å². The van der Waals surface area contributed by atoms with E-state index in [-0.39, 0.29) is 17.2 Å². The lowest BCUT2D eigenvalue weighted by molar-refractivity contribution is -0.123. The number of H-pyrrole nitrogens is 1. The third-order valence-corrected chi connectivity index (χ3v) is 4.96. The van der Waals surface area contributed by atoms with Crippen LogP contribution in [-0.2, 0) is 4.79 Å². The molecule has 1 aromatic heterocycles. The number of hydrogen-bond acceptors (Lipinski definition) is 7. The molecule has 10 nitrogen and oxygen atoms in total. The van der Waals surface area contributed by atoms with E-state index in [1.165, 1.54) is 24.4 Å². The number of phenols is 2. The highest BCUT2D eigenvalue weighted by Gasteiger charge is 2.27. The first-order valence-electron chi connectivity index (χ1n) is 10.1. The molecule has 2 amide bonds. The predicted octanol–water partition coefficient (Wildman–Crippen LogP) is 1.96.